The van der Waals surface area contributed by atoms with Gasteiger partial charge in [0.15, 0.2) is 9.76 Å². The van der Waals surface area contributed by atoms with Crippen LogP contribution in [0.15, 0.2) is 48.5 Å². The maximum atomic E-state index is 11.8. The van der Waals surface area contributed by atoms with Gasteiger partial charge in [0.05, 0.1) is 0 Å². The first-order chi connectivity index (χ1) is 11.3. The number of rotatable bonds is 6. The number of ether oxygens (including phenoxy) is 1. The van der Waals surface area contributed by atoms with E-state index in [0.717, 1.165) is 12.5 Å². The second-order valence-electron chi connectivity index (χ2n) is 5.68. The van der Waals surface area contributed by atoms with Crippen LogP contribution in [0.1, 0.15) is 23.5 Å². The molecule has 0 radical (unpaired) electrons. The molecule has 0 bridgehead atoms. The molecule has 0 unspecified atom stereocenters. The molecule has 1 aliphatic carbocycles. The van der Waals surface area contributed by atoms with E-state index in [4.69, 9.17) is 9.53 Å². The van der Waals surface area contributed by atoms with Crippen LogP contribution < -0.4 is 5.32 Å². The summed E-state index contributed by atoms with van der Waals surface area (Å²) in [7, 11) is -0.912. The van der Waals surface area contributed by atoms with Crippen LogP contribution in [-0.2, 0) is 4.74 Å². The summed E-state index contributed by atoms with van der Waals surface area (Å²) in [6.07, 6.45) is 0.430. The summed E-state index contributed by atoms with van der Waals surface area (Å²) in [6.45, 7) is 0.902. The number of alkyl carbamates (subject to hydrolysis) is 1. The Labute approximate surface area is 138 Å². The lowest BCUT2D eigenvalue weighted by Crippen LogP contribution is -2.27. The molecule has 0 aromatic heterocycles. The molecular formula is C18H21NO3Si. The van der Waals surface area contributed by atoms with E-state index in [0.29, 0.717) is 13.2 Å². The van der Waals surface area contributed by atoms with E-state index in [1.807, 2.05) is 24.3 Å². The monoisotopic (exact) mass is 327 g/mol. The average Bonchev–Trinajstić information content (AvgIpc) is 2.91. The van der Waals surface area contributed by atoms with Gasteiger partial charge in [0.25, 0.3) is 0 Å². The van der Waals surface area contributed by atoms with Crippen LogP contribution in [0, 0.1) is 0 Å². The molecule has 0 atom stereocenters. The molecule has 0 spiro atoms. The van der Waals surface area contributed by atoms with Gasteiger partial charge in [-0.2, -0.15) is 0 Å². The minimum atomic E-state index is -0.912. The van der Waals surface area contributed by atoms with Crippen molar-refractivity contribution in [2.45, 2.75) is 18.4 Å². The fraction of sp³-hybridized carbons (Fsp3) is 0.278. The fourth-order valence-corrected chi connectivity index (χ4v) is 3.55. The highest BCUT2D eigenvalue weighted by atomic mass is 28.2. The zero-order valence-corrected chi connectivity index (χ0v) is 14.4. The standard InChI is InChI=1S/C18H21NO3Si/c20-18(19-10-5-11-23-21)22-12-17-15-8-3-1-6-13(15)14-7-2-4-9-16(14)17/h1-4,6-9,17,21H,5,10-12,23H2,(H,19,20). The van der Waals surface area contributed by atoms with Gasteiger partial charge in [-0.3, -0.25) is 0 Å². The van der Waals surface area contributed by atoms with Gasteiger partial charge in [-0.05, 0) is 34.7 Å². The van der Waals surface area contributed by atoms with Crippen molar-refractivity contribution >= 4 is 15.9 Å². The number of hydrogen-bond donors (Lipinski definition) is 2. The van der Waals surface area contributed by atoms with E-state index < -0.39 is 9.76 Å². The highest BCUT2D eigenvalue weighted by Crippen LogP contribution is 2.44. The minimum Gasteiger partial charge on any atom is -0.449 e. The molecule has 0 fully saturated rings. The summed E-state index contributed by atoms with van der Waals surface area (Å²) in [5.74, 6) is 0.0954. The van der Waals surface area contributed by atoms with Crippen molar-refractivity contribution in [2.24, 2.45) is 0 Å². The van der Waals surface area contributed by atoms with Gasteiger partial charge in [0.2, 0.25) is 0 Å². The minimum absolute atomic E-state index is 0.0954. The Morgan fingerprint density at radius 3 is 2.30 bits per heavy atom. The Morgan fingerprint density at radius 1 is 1.09 bits per heavy atom. The molecule has 0 saturated carbocycles. The van der Waals surface area contributed by atoms with E-state index in [9.17, 15) is 4.79 Å². The van der Waals surface area contributed by atoms with Gasteiger partial charge in [0, 0.05) is 12.5 Å². The lowest BCUT2D eigenvalue weighted by molar-refractivity contribution is 0.143. The Bertz CT molecular complexity index is 644. The Balaban J connectivity index is 1.65. The second-order valence-corrected chi connectivity index (χ2v) is 6.84. The third-order valence-electron chi connectivity index (χ3n) is 4.20. The van der Waals surface area contributed by atoms with Crippen molar-refractivity contribution in [3.05, 3.63) is 59.7 Å². The van der Waals surface area contributed by atoms with E-state index >= 15 is 0 Å². The van der Waals surface area contributed by atoms with Crippen LogP contribution in [0.5, 0.6) is 0 Å². The SMILES string of the molecule is O=C(NCCC[SiH2]O)OCC1c2ccccc2-c2ccccc21. The normalized spacial score (nSPS) is 13.1. The second kappa shape index (κ2) is 7.44. The number of hydrogen-bond acceptors (Lipinski definition) is 3. The van der Waals surface area contributed by atoms with Gasteiger partial charge >= 0.3 is 6.09 Å². The van der Waals surface area contributed by atoms with E-state index in [-0.39, 0.29) is 12.0 Å². The summed E-state index contributed by atoms with van der Waals surface area (Å²) in [6, 6.07) is 17.4. The molecule has 0 aliphatic heterocycles. The summed E-state index contributed by atoms with van der Waals surface area (Å²) in [5, 5.41) is 2.74. The molecule has 3 rings (SSSR count). The summed E-state index contributed by atoms with van der Waals surface area (Å²) >= 11 is 0. The predicted octanol–water partition coefficient (Wildman–Crippen LogP) is 2.41. The summed E-state index contributed by atoms with van der Waals surface area (Å²) in [5.41, 5.74) is 4.88. The van der Waals surface area contributed by atoms with Crippen LogP contribution in [0.4, 0.5) is 4.79 Å². The molecular weight excluding hydrogens is 306 g/mol. The first-order valence-corrected chi connectivity index (χ1v) is 9.64. The Morgan fingerprint density at radius 2 is 1.70 bits per heavy atom. The van der Waals surface area contributed by atoms with Crippen LogP contribution in [0.3, 0.4) is 0 Å². The predicted molar refractivity (Wildman–Crippen MR) is 93.3 cm³/mol. The van der Waals surface area contributed by atoms with Crippen molar-refractivity contribution in [3.63, 3.8) is 0 Å². The third-order valence-corrected chi connectivity index (χ3v) is 5.01. The van der Waals surface area contributed by atoms with Crippen LogP contribution in [0.2, 0.25) is 6.04 Å². The zero-order chi connectivity index (χ0) is 16.1. The van der Waals surface area contributed by atoms with E-state index in [1.165, 1.54) is 22.3 Å². The van der Waals surface area contributed by atoms with Crippen molar-refractivity contribution in [1.82, 2.24) is 5.32 Å². The molecule has 0 saturated heterocycles. The number of fused-ring (bicyclic) bond motifs is 3. The summed E-state index contributed by atoms with van der Waals surface area (Å²) < 4.78 is 5.42. The fourth-order valence-electron chi connectivity index (χ4n) is 3.08. The number of nitrogens with one attached hydrogen (secondary N) is 1. The molecule has 0 heterocycles. The van der Waals surface area contributed by atoms with Crippen molar-refractivity contribution in [2.75, 3.05) is 13.2 Å². The molecule has 2 aromatic rings. The molecule has 23 heavy (non-hydrogen) atoms. The van der Waals surface area contributed by atoms with Crippen LogP contribution in [0.25, 0.3) is 11.1 Å². The summed E-state index contributed by atoms with van der Waals surface area (Å²) in [4.78, 5) is 20.7. The van der Waals surface area contributed by atoms with Gasteiger partial charge in [-0.25, -0.2) is 4.79 Å². The third kappa shape index (κ3) is 3.46. The Hall–Kier alpha value is -2.11. The Kier molecular flexibility index (Phi) is 5.10. The van der Waals surface area contributed by atoms with Crippen LogP contribution in [-0.4, -0.2) is 33.8 Å². The molecule has 120 valence electrons. The van der Waals surface area contributed by atoms with Gasteiger partial charge in [-0.15, -0.1) is 0 Å². The van der Waals surface area contributed by atoms with Crippen molar-refractivity contribution in [1.29, 1.82) is 0 Å². The van der Waals surface area contributed by atoms with Crippen molar-refractivity contribution < 1.29 is 14.3 Å². The molecule has 2 aromatic carbocycles. The van der Waals surface area contributed by atoms with Gasteiger partial charge in [-0.1, -0.05) is 48.5 Å². The maximum absolute atomic E-state index is 11.8. The maximum Gasteiger partial charge on any atom is 0.407 e. The highest BCUT2D eigenvalue weighted by Gasteiger charge is 2.28. The lowest BCUT2D eigenvalue weighted by Gasteiger charge is -2.14. The number of amides is 1. The molecule has 2 N–H and O–H groups in total. The van der Waals surface area contributed by atoms with Gasteiger partial charge < -0.3 is 14.8 Å². The first-order valence-electron chi connectivity index (χ1n) is 8.01. The number of carbonyl (C=O) groups excluding carboxylic acids is 1. The number of carbonyl (C=O) groups is 1. The zero-order valence-electron chi connectivity index (χ0n) is 13.0. The quantitative estimate of drug-likeness (QED) is 0.633. The lowest BCUT2D eigenvalue weighted by atomic mass is 9.98. The van der Waals surface area contributed by atoms with Gasteiger partial charge in [0.1, 0.15) is 6.61 Å². The smallest absolute Gasteiger partial charge is 0.407 e. The first kappa shape index (κ1) is 15.8. The largest absolute Gasteiger partial charge is 0.449 e. The highest BCUT2D eigenvalue weighted by molar-refractivity contribution is 6.25. The molecule has 1 amide bonds. The molecule has 4 nitrogen and oxygen atoms in total. The number of benzene rings is 2. The van der Waals surface area contributed by atoms with Crippen molar-refractivity contribution in [3.8, 4) is 11.1 Å². The molecule has 5 heteroatoms. The topological polar surface area (TPSA) is 58.6 Å². The molecule has 1 aliphatic rings. The van der Waals surface area contributed by atoms with E-state index in [2.05, 4.69) is 29.6 Å². The van der Waals surface area contributed by atoms with E-state index in [1.54, 1.807) is 0 Å². The van der Waals surface area contributed by atoms with Crippen LogP contribution >= 0.6 is 0 Å². The average molecular weight is 327 g/mol.